The summed E-state index contributed by atoms with van der Waals surface area (Å²) in [6.07, 6.45) is 5.88. The van der Waals surface area contributed by atoms with Crippen LogP contribution in [-0.4, -0.2) is 47.7 Å². The molecule has 4 aliphatic rings. The lowest BCUT2D eigenvalue weighted by molar-refractivity contribution is 0.0535. The highest BCUT2D eigenvalue weighted by atomic mass is 16.5. The van der Waals surface area contributed by atoms with E-state index in [4.69, 9.17) is 14.2 Å². The van der Waals surface area contributed by atoms with Gasteiger partial charge in [0.25, 0.3) is 5.91 Å². The summed E-state index contributed by atoms with van der Waals surface area (Å²) >= 11 is 0. The summed E-state index contributed by atoms with van der Waals surface area (Å²) in [4.78, 5) is 12.7. The first-order valence-corrected chi connectivity index (χ1v) is 11.1. The topological polar surface area (TPSA) is 74.6 Å². The second-order valence-corrected chi connectivity index (χ2v) is 9.10. The molecular weight excluding hydrogens is 382 g/mol. The third-order valence-corrected chi connectivity index (χ3v) is 6.37. The van der Waals surface area contributed by atoms with E-state index in [1.54, 1.807) is 10.7 Å². The summed E-state index contributed by atoms with van der Waals surface area (Å²) in [5, 5.41) is 7.51. The predicted octanol–water partition coefficient (Wildman–Crippen LogP) is 2.68. The van der Waals surface area contributed by atoms with Gasteiger partial charge in [0.05, 0.1) is 19.2 Å². The van der Waals surface area contributed by atoms with E-state index in [0.29, 0.717) is 37.3 Å². The van der Waals surface area contributed by atoms with Gasteiger partial charge >= 0.3 is 0 Å². The Labute approximate surface area is 175 Å². The van der Waals surface area contributed by atoms with Crippen LogP contribution in [0, 0.1) is 5.92 Å². The molecule has 0 radical (unpaired) electrons. The number of carbonyl (C=O) groups excluding carboxylic acids is 1. The quantitative estimate of drug-likeness (QED) is 0.761. The zero-order valence-electron chi connectivity index (χ0n) is 17.0. The molecule has 1 unspecified atom stereocenters. The van der Waals surface area contributed by atoms with Crippen molar-refractivity contribution in [3.63, 3.8) is 0 Å². The maximum absolute atomic E-state index is 12.7. The Kier molecular flexibility index (Phi) is 4.44. The molecule has 6 rings (SSSR count). The molecule has 1 N–H and O–H groups in total. The highest BCUT2D eigenvalue weighted by Crippen LogP contribution is 2.42. The fourth-order valence-electron chi connectivity index (χ4n) is 4.31. The fourth-order valence-corrected chi connectivity index (χ4v) is 4.31. The van der Waals surface area contributed by atoms with Crippen LogP contribution in [0.5, 0.6) is 11.6 Å². The number of amides is 1. The summed E-state index contributed by atoms with van der Waals surface area (Å²) in [7, 11) is 0. The molecule has 0 spiro atoms. The van der Waals surface area contributed by atoms with Gasteiger partial charge in [-0.05, 0) is 61.1 Å². The number of rotatable bonds is 7. The predicted molar refractivity (Wildman–Crippen MR) is 109 cm³/mol. The Bertz CT molecular complexity index is 940. The monoisotopic (exact) mass is 409 g/mol. The Balaban J connectivity index is 1.04. The molecule has 1 aromatic carbocycles. The number of carbonyl (C=O) groups is 1. The molecule has 1 aromatic heterocycles. The molecule has 1 amide bonds. The third kappa shape index (κ3) is 3.78. The second-order valence-electron chi connectivity index (χ2n) is 9.10. The van der Waals surface area contributed by atoms with Crippen LogP contribution in [0.3, 0.4) is 0 Å². The normalized spacial score (nSPS) is 24.5. The third-order valence-electron chi connectivity index (χ3n) is 6.37. The first kappa shape index (κ1) is 18.2. The van der Waals surface area contributed by atoms with Crippen LogP contribution in [-0.2, 0) is 17.7 Å². The van der Waals surface area contributed by atoms with Gasteiger partial charge in [-0.2, -0.15) is 5.10 Å². The summed E-state index contributed by atoms with van der Waals surface area (Å²) < 4.78 is 19.2. The lowest BCUT2D eigenvalue weighted by atomic mass is 9.98. The SMILES string of the molecule is O=C(N[C@H]1COc2ccc(C3CC3)cc2C1)c1cc2n(n1)CC(COCC1CC1)O2. The molecule has 2 atom stereocenters. The molecule has 7 nitrogen and oxygen atoms in total. The van der Waals surface area contributed by atoms with E-state index in [2.05, 4.69) is 28.6 Å². The molecule has 158 valence electrons. The standard InChI is InChI=1S/C23H27N3O4/c27-23(20-9-22-26(25-20)10-19(30-22)13-28-11-14-1-2-14)24-18-8-17-7-16(15-3-4-15)5-6-21(17)29-12-18/h5-7,9,14-15,18-19H,1-4,8,10-13H2,(H,24,27)/t18-,19?/m1/s1. The van der Waals surface area contributed by atoms with Crippen LogP contribution < -0.4 is 14.8 Å². The van der Waals surface area contributed by atoms with Crippen LogP contribution in [0.4, 0.5) is 0 Å². The van der Waals surface area contributed by atoms with Gasteiger partial charge in [0, 0.05) is 12.7 Å². The molecule has 2 aromatic rings. The van der Waals surface area contributed by atoms with Crippen molar-refractivity contribution in [3.8, 4) is 11.6 Å². The lowest BCUT2D eigenvalue weighted by Gasteiger charge is -2.26. The van der Waals surface area contributed by atoms with Crippen LogP contribution in [0.15, 0.2) is 24.3 Å². The maximum atomic E-state index is 12.7. The van der Waals surface area contributed by atoms with Gasteiger partial charge in [0.15, 0.2) is 5.69 Å². The fraction of sp³-hybridized carbons (Fsp3) is 0.565. The average Bonchev–Trinajstić information content (AvgIpc) is 3.65. The minimum atomic E-state index is -0.183. The highest BCUT2D eigenvalue weighted by Gasteiger charge is 2.30. The number of nitrogens with zero attached hydrogens (tertiary/aromatic N) is 2. The summed E-state index contributed by atoms with van der Waals surface area (Å²) in [6, 6.07) is 8.16. The van der Waals surface area contributed by atoms with Gasteiger partial charge in [0.2, 0.25) is 5.88 Å². The Morgan fingerprint density at radius 2 is 2.10 bits per heavy atom. The van der Waals surface area contributed by atoms with Crippen LogP contribution in [0.2, 0.25) is 0 Å². The van der Waals surface area contributed by atoms with Gasteiger partial charge in [-0.15, -0.1) is 0 Å². The molecule has 7 heteroatoms. The van der Waals surface area contributed by atoms with E-state index in [1.807, 2.05) is 0 Å². The first-order valence-electron chi connectivity index (χ1n) is 11.1. The van der Waals surface area contributed by atoms with E-state index in [9.17, 15) is 4.79 Å². The van der Waals surface area contributed by atoms with Crippen molar-refractivity contribution in [1.29, 1.82) is 0 Å². The molecule has 2 fully saturated rings. The van der Waals surface area contributed by atoms with Gasteiger partial charge in [0.1, 0.15) is 18.5 Å². The zero-order chi connectivity index (χ0) is 20.1. The summed E-state index contributed by atoms with van der Waals surface area (Å²) in [6.45, 7) is 2.50. The van der Waals surface area contributed by atoms with Crippen molar-refractivity contribution in [2.24, 2.45) is 5.92 Å². The van der Waals surface area contributed by atoms with Crippen LogP contribution in [0.1, 0.15) is 53.2 Å². The maximum Gasteiger partial charge on any atom is 0.272 e. The lowest BCUT2D eigenvalue weighted by Crippen LogP contribution is -2.43. The number of aromatic nitrogens is 2. The number of hydrogen-bond acceptors (Lipinski definition) is 5. The minimum Gasteiger partial charge on any atom is -0.491 e. The average molecular weight is 409 g/mol. The molecule has 30 heavy (non-hydrogen) atoms. The van der Waals surface area contributed by atoms with E-state index in [1.165, 1.54) is 36.8 Å². The van der Waals surface area contributed by atoms with Crippen molar-refractivity contribution in [3.05, 3.63) is 41.1 Å². The number of hydrogen-bond donors (Lipinski definition) is 1. The number of benzene rings is 1. The number of nitrogens with one attached hydrogen (secondary N) is 1. The number of ether oxygens (including phenoxy) is 3. The first-order chi connectivity index (χ1) is 14.7. The van der Waals surface area contributed by atoms with Gasteiger partial charge in [-0.3, -0.25) is 4.79 Å². The van der Waals surface area contributed by atoms with Gasteiger partial charge < -0.3 is 19.5 Å². The largest absolute Gasteiger partial charge is 0.491 e. The van der Waals surface area contributed by atoms with Crippen LogP contribution in [0.25, 0.3) is 0 Å². The molecule has 0 bridgehead atoms. The van der Waals surface area contributed by atoms with Crippen molar-refractivity contribution in [2.75, 3.05) is 19.8 Å². The van der Waals surface area contributed by atoms with E-state index in [-0.39, 0.29) is 18.1 Å². The summed E-state index contributed by atoms with van der Waals surface area (Å²) in [5.41, 5.74) is 2.96. The van der Waals surface area contributed by atoms with E-state index < -0.39 is 0 Å². The minimum absolute atomic E-state index is 0.0210. The second kappa shape index (κ2) is 7.30. The molecule has 0 saturated heterocycles. The molecule has 2 aliphatic carbocycles. The van der Waals surface area contributed by atoms with E-state index in [0.717, 1.165) is 24.7 Å². The van der Waals surface area contributed by atoms with Crippen molar-refractivity contribution in [1.82, 2.24) is 15.1 Å². The Morgan fingerprint density at radius 3 is 2.90 bits per heavy atom. The molecule has 3 heterocycles. The Hall–Kier alpha value is -2.54. The van der Waals surface area contributed by atoms with Gasteiger partial charge in [-0.1, -0.05) is 12.1 Å². The van der Waals surface area contributed by atoms with E-state index >= 15 is 0 Å². The molecule has 2 aliphatic heterocycles. The van der Waals surface area contributed by atoms with Crippen LogP contribution >= 0.6 is 0 Å². The molecular formula is C23H27N3O4. The molecule has 2 saturated carbocycles. The highest BCUT2D eigenvalue weighted by molar-refractivity contribution is 5.92. The van der Waals surface area contributed by atoms with Crippen molar-refractivity contribution < 1.29 is 19.0 Å². The summed E-state index contributed by atoms with van der Waals surface area (Å²) in [5.74, 6) is 2.85. The van der Waals surface area contributed by atoms with Crippen molar-refractivity contribution in [2.45, 2.75) is 56.7 Å². The van der Waals surface area contributed by atoms with Crippen molar-refractivity contribution >= 4 is 5.91 Å². The number of fused-ring (bicyclic) bond motifs is 2. The zero-order valence-corrected chi connectivity index (χ0v) is 17.0. The van der Waals surface area contributed by atoms with Gasteiger partial charge in [-0.25, -0.2) is 4.68 Å². The smallest absolute Gasteiger partial charge is 0.272 e. The Morgan fingerprint density at radius 1 is 1.20 bits per heavy atom.